The minimum atomic E-state index is -0.296. The van der Waals surface area contributed by atoms with Crippen LogP contribution in [0.25, 0.3) is 0 Å². The van der Waals surface area contributed by atoms with Crippen LogP contribution >= 0.6 is 22.9 Å². The van der Waals surface area contributed by atoms with Crippen LogP contribution in [-0.4, -0.2) is 19.0 Å². The molecule has 2 aromatic rings. The van der Waals surface area contributed by atoms with E-state index in [0.717, 1.165) is 0 Å². The number of hydrogen-bond acceptors (Lipinski definition) is 3. The molecule has 0 aliphatic rings. The van der Waals surface area contributed by atoms with Crippen LogP contribution in [0.2, 0.25) is 4.34 Å². The molecular formula is C13H12ClN3O2S. The van der Waals surface area contributed by atoms with Crippen molar-refractivity contribution in [1.29, 1.82) is 0 Å². The lowest BCUT2D eigenvalue weighted by Gasteiger charge is -2.06. The Hall–Kier alpha value is -2.05. The zero-order valence-corrected chi connectivity index (χ0v) is 12.1. The quantitative estimate of drug-likeness (QED) is 0.813. The number of anilines is 2. The normalized spacial score (nSPS) is 9.90. The highest BCUT2D eigenvalue weighted by atomic mass is 35.5. The van der Waals surface area contributed by atoms with Crippen molar-refractivity contribution < 1.29 is 9.59 Å². The number of carbonyl (C=O) groups excluding carboxylic acids is 2. The Morgan fingerprint density at radius 2 is 1.60 bits per heavy atom. The van der Waals surface area contributed by atoms with E-state index in [1.807, 2.05) is 0 Å². The van der Waals surface area contributed by atoms with E-state index in [1.54, 1.807) is 36.4 Å². The number of urea groups is 1. The van der Waals surface area contributed by atoms with Gasteiger partial charge in [-0.15, -0.1) is 11.3 Å². The van der Waals surface area contributed by atoms with Crippen molar-refractivity contribution in [3.8, 4) is 0 Å². The van der Waals surface area contributed by atoms with Crippen molar-refractivity contribution in [2.45, 2.75) is 0 Å². The molecule has 1 heterocycles. The molecule has 1 aromatic heterocycles. The van der Waals surface area contributed by atoms with Gasteiger partial charge >= 0.3 is 6.03 Å². The van der Waals surface area contributed by atoms with E-state index in [1.165, 1.54) is 18.4 Å². The lowest BCUT2D eigenvalue weighted by Crippen LogP contribution is -2.24. The summed E-state index contributed by atoms with van der Waals surface area (Å²) in [4.78, 5) is 23.6. The standard InChI is InChI=1S/C13H12ClN3O2S/c1-15-13(19)17-9-4-2-8(3-5-9)16-12(18)10-6-7-11(14)20-10/h2-7H,1H3,(H,16,18)(H2,15,17,19). The molecule has 0 aliphatic heterocycles. The fourth-order valence-corrected chi connectivity index (χ4v) is 2.40. The Kier molecular flexibility index (Phi) is 4.60. The number of benzene rings is 1. The highest BCUT2D eigenvalue weighted by molar-refractivity contribution is 7.18. The smallest absolute Gasteiger partial charge is 0.318 e. The molecule has 1 aromatic carbocycles. The van der Waals surface area contributed by atoms with Crippen molar-refractivity contribution in [2.24, 2.45) is 0 Å². The van der Waals surface area contributed by atoms with Crippen LogP contribution in [0.4, 0.5) is 16.2 Å². The maximum Gasteiger partial charge on any atom is 0.318 e. The second-order valence-corrected chi connectivity index (χ2v) is 5.55. The van der Waals surface area contributed by atoms with E-state index >= 15 is 0 Å². The molecule has 0 saturated heterocycles. The molecule has 0 atom stereocenters. The van der Waals surface area contributed by atoms with Gasteiger partial charge in [-0.1, -0.05) is 11.6 Å². The fourth-order valence-electron chi connectivity index (χ4n) is 1.46. The summed E-state index contributed by atoms with van der Waals surface area (Å²) >= 11 is 7.00. The largest absolute Gasteiger partial charge is 0.341 e. The monoisotopic (exact) mass is 309 g/mol. The molecule has 0 bridgehead atoms. The molecule has 0 saturated carbocycles. The third-order valence-electron chi connectivity index (χ3n) is 2.42. The molecule has 0 fully saturated rings. The highest BCUT2D eigenvalue weighted by Crippen LogP contribution is 2.22. The summed E-state index contributed by atoms with van der Waals surface area (Å²) in [6.07, 6.45) is 0. The van der Waals surface area contributed by atoms with Gasteiger partial charge in [0.05, 0.1) is 9.21 Å². The fraction of sp³-hybridized carbons (Fsp3) is 0.0769. The Morgan fingerprint density at radius 1 is 1.00 bits per heavy atom. The van der Waals surface area contributed by atoms with E-state index in [9.17, 15) is 9.59 Å². The first-order valence-corrected chi connectivity index (χ1v) is 6.93. The van der Waals surface area contributed by atoms with Gasteiger partial charge in [-0.25, -0.2) is 4.79 Å². The van der Waals surface area contributed by atoms with Crippen molar-refractivity contribution in [1.82, 2.24) is 5.32 Å². The summed E-state index contributed by atoms with van der Waals surface area (Å²) in [5.74, 6) is -0.214. The summed E-state index contributed by atoms with van der Waals surface area (Å²) in [6.45, 7) is 0. The Bertz CT molecular complexity index is 625. The van der Waals surface area contributed by atoms with Crippen LogP contribution in [0.3, 0.4) is 0 Å². The number of rotatable bonds is 3. The Labute approximate surface area is 124 Å². The molecule has 104 valence electrons. The maximum absolute atomic E-state index is 11.9. The van der Waals surface area contributed by atoms with E-state index in [-0.39, 0.29) is 11.9 Å². The first-order valence-electron chi connectivity index (χ1n) is 5.74. The molecule has 5 nitrogen and oxygen atoms in total. The van der Waals surface area contributed by atoms with Crippen molar-refractivity contribution in [3.05, 3.63) is 45.6 Å². The second-order valence-electron chi connectivity index (χ2n) is 3.84. The van der Waals surface area contributed by atoms with Crippen LogP contribution in [0.15, 0.2) is 36.4 Å². The molecule has 0 unspecified atom stereocenters. The molecule has 3 amide bonds. The average Bonchev–Trinajstić information content (AvgIpc) is 2.87. The molecule has 0 aliphatic carbocycles. The van der Waals surface area contributed by atoms with Gasteiger partial charge < -0.3 is 16.0 Å². The minimum Gasteiger partial charge on any atom is -0.341 e. The number of halogens is 1. The van der Waals surface area contributed by atoms with Gasteiger partial charge in [-0.2, -0.15) is 0 Å². The predicted octanol–water partition coefficient (Wildman–Crippen LogP) is 3.41. The SMILES string of the molecule is CNC(=O)Nc1ccc(NC(=O)c2ccc(Cl)s2)cc1. The van der Waals surface area contributed by atoms with Crippen molar-refractivity contribution in [3.63, 3.8) is 0 Å². The molecule has 0 radical (unpaired) electrons. The van der Waals surface area contributed by atoms with Crippen LogP contribution in [0, 0.1) is 0 Å². The Morgan fingerprint density at radius 3 is 2.10 bits per heavy atom. The number of thiophene rings is 1. The second kappa shape index (κ2) is 6.40. The van der Waals surface area contributed by atoms with Crippen LogP contribution in [0.5, 0.6) is 0 Å². The number of amides is 3. The summed E-state index contributed by atoms with van der Waals surface area (Å²) < 4.78 is 0.570. The Balaban J connectivity index is 2.00. The number of nitrogens with one attached hydrogen (secondary N) is 3. The van der Waals surface area contributed by atoms with Gasteiger partial charge in [0.1, 0.15) is 0 Å². The predicted molar refractivity (Wildman–Crippen MR) is 81.8 cm³/mol. The molecule has 0 spiro atoms. The third-order valence-corrected chi connectivity index (χ3v) is 3.65. The summed E-state index contributed by atoms with van der Waals surface area (Å²) in [5.41, 5.74) is 1.28. The molecule has 3 N–H and O–H groups in total. The zero-order chi connectivity index (χ0) is 14.5. The topological polar surface area (TPSA) is 70.2 Å². The van der Waals surface area contributed by atoms with E-state index < -0.39 is 0 Å². The average molecular weight is 310 g/mol. The third kappa shape index (κ3) is 3.72. The first kappa shape index (κ1) is 14.4. The number of hydrogen-bond donors (Lipinski definition) is 3. The van der Waals surface area contributed by atoms with Crippen molar-refractivity contribution in [2.75, 3.05) is 17.7 Å². The molecular weight excluding hydrogens is 298 g/mol. The van der Waals surface area contributed by atoms with Gasteiger partial charge in [-0.3, -0.25) is 4.79 Å². The van der Waals surface area contributed by atoms with Crippen LogP contribution in [-0.2, 0) is 0 Å². The zero-order valence-electron chi connectivity index (χ0n) is 10.6. The number of carbonyl (C=O) groups is 2. The summed E-state index contributed by atoms with van der Waals surface area (Å²) in [7, 11) is 1.54. The first-order chi connectivity index (χ1) is 9.58. The maximum atomic E-state index is 11.9. The van der Waals surface area contributed by atoms with E-state index in [2.05, 4.69) is 16.0 Å². The highest BCUT2D eigenvalue weighted by Gasteiger charge is 2.08. The van der Waals surface area contributed by atoms with Gasteiger partial charge in [0.25, 0.3) is 5.91 Å². The summed E-state index contributed by atoms with van der Waals surface area (Å²) in [6, 6.07) is 9.87. The molecule has 20 heavy (non-hydrogen) atoms. The van der Waals surface area contributed by atoms with Crippen LogP contribution < -0.4 is 16.0 Å². The van der Waals surface area contributed by atoms with Gasteiger partial charge in [-0.05, 0) is 36.4 Å². The van der Waals surface area contributed by atoms with Crippen LogP contribution in [0.1, 0.15) is 9.67 Å². The van der Waals surface area contributed by atoms with E-state index in [0.29, 0.717) is 20.6 Å². The molecule has 2 rings (SSSR count). The summed E-state index contributed by atoms with van der Waals surface area (Å²) in [5, 5.41) is 7.83. The van der Waals surface area contributed by atoms with Gasteiger partial charge in [0.15, 0.2) is 0 Å². The van der Waals surface area contributed by atoms with Gasteiger partial charge in [0, 0.05) is 18.4 Å². The lowest BCUT2D eigenvalue weighted by molar-refractivity contribution is 0.103. The van der Waals surface area contributed by atoms with Gasteiger partial charge in [0.2, 0.25) is 0 Å². The van der Waals surface area contributed by atoms with Crippen molar-refractivity contribution >= 4 is 46.3 Å². The molecule has 7 heteroatoms. The van der Waals surface area contributed by atoms with E-state index in [4.69, 9.17) is 11.6 Å². The lowest BCUT2D eigenvalue weighted by atomic mass is 10.2. The minimum absolute atomic E-state index is 0.214.